The van der Waals surface area contributed by atoms with E-state index in [1.165, 1.54) is 5.03 Å². The van der Waals surface area contributed by atoms with Crippen LogP contribution in [0, 0.1) is 0 Å². The van der Waals surface area contributed by atoms with Gasteiger partial charge in [0.25, 0.3) is 0 Å². The van der Waals surface area contributed by atoms with Crippen LogP contribution in [-0.2, 0) is 0 Å². The standard InChI is InChI=1S/CH6B2IN/c1-5-3-2-4/h2-3,5H,1H3. The summed E-state index contributed by atoms with van der Waals surface area (Å²) >= 11 is 2.32. The van der Waals surface area contributed by atoms with Crippen LogP contribution < -0.4 is 5.23 Å². The Balaban J connectivity index is 2.19. The average Bonchev–Trinajstić information content (AvgIpc) is 1.41. The molecule has 0 amide bonds. The Bertz CT molecular complexity index is 17.1. The van der Waals surface area contributed by atoms with E-state index in [1.807, 2.05) is 7.05 Å². The van der Waals surface area contributed by atoms with E-state index in [0.717, 1.165) is 7.31 Å². The Morgan fingerprint density at radius 3 is 2.40 bits per heavy atom. The van der Waals surface area contributed by atoms with Crippen molar-refractivity contribution in [3.05, 3.63) is 0 Å². The van der Waals surface area contributed by atoms with Crippen LogP contribution in [0.1, 0.15) is 0 Å². The SMILES string of the molecule is CNBBI. The fourth-order valence-electron chi connectivity index (χ4n) is 0.0945. The molecule has 0 fully saturated rings. The van der Waals surface area contributed by atoms with Crippen LogP contribution in [0.25, 0.3) is 0 Å². The third-order valence-electron chi connectivity index (χ3n) is 0.344. The minimum absolute atomic E-state index is 1.13. The molecule has 0 saturated carbocycles. The predicted octanol–water partition coefficient (Wildman–Crippen LogP) is -0.741. The molecule has 0 radical (unpaired) electrons. The second kappa shape index (κ2) is 4.82. The van der Waals surface area contributed by atoms with Gasteiger partial charge in [0, 0.05) is 0 Å². The second-order valence-corrected chi connectivity index (χ2v) is 1.87. The van der Waals surface area contributed by atoms with E-state index in [4.69, 9.17) is 0 Å². The van der Waals surface area contributed by atoms with Crippen molar-refractivity contribution in [3.8, 4) is 0 Å². The molecule has 1 nitrogen and oxygen atoms in total. The van der Waals surface area contributed by atoms with Crippen molar-refractivity contribution in [2.75, 3.05) is 7.05 Å². The lowest BCUT2D eigenvalue weighted by atomic mass is 9.67. The minimum Gasteiger partial charge on any atom is -0.367 e. The molecule has 0 saturated heterocycles. The van der Waals surface area contributed by atoms with Crippen molar-refractivity contribution < 1.29 is 0 Å². The lowest BCUT2D eigenvalue weighted by Crippen LogP contribution is -2.15. The molecule has 0 aromatic rings. The van der Waals surface area contributed by atoms with Crippen molar-refractivity contribution >= 4 is 34.7 Å². The van der Waals surface area contributed by atoms with Crippen molar-refractivity contribution in [2.45, 2.75) is 0 Å². The van der Waals surface area contributed by atoms with Crippen LogP contribution in [0.5, 0.6) is 0 Å². The van der Waals surface area contributed by atoms with Gasteiger partial charge in [0.15, 0.2) is 12.3 Å². The van der Waals surface area contributed by atoms with Crippen LogP contribution in [0.4, 0.5) is 0 Å². The van der Waals surface area contributed by atoms with Gasteiger partial charge in [0.05, 0.1) is 0 Å². The van der Waals surface area contributed by atoms with Crippen molar-refractivity contribution in [1.29, 1.82) is 0 Å². The van der Waals surface area contributed by atoms with Gasteiger partial charge in [-0.25, -0.2) is 0 Å². The van der Waals surface area contributed by atoms with Gasteiger partial charge in [0.2, 0.25) is 0 Å². The van der Waals surface area contributed by atoms with Crippen LogP contribution in [0.15, 0.2) is 0 Å². The zero-order chi connectivity index (χ0) is 4.12. The van der Waals surface area contributed by atoms with E-state index in [-0.39, 0.29) is 0 Å². The van der Waals surface area contributed by atoms with Gasteiger partial charge in [-0.15, -0.1) is 0 Å². The molecule has 0 aliphatic carbocycles. The maximum absolute atomic E-state index is 3.01. The first kappa shape index (κ1) is 5.82. The third-order valence-corrected chi connectivity index (χ3v) is 0.884. The lowest BCUT2D eigenvalue weighted by molar-refractivity contribution is 1.27. The zero-order valence-electron chi connectivity index (χ0n) is 3.29. The Morgan fingerprint density at radius 2 is 2.40 bits per heavy atom. The summed E-state index contributed by atoms with van der Waals surface area (Å²) in [4.78, 5) is 0. The smallest absolute Gasteiger partial charge is 0.184 e. The van der Waals surface area contributed by atoms with Crippen molar-refractivity contribution in [2.24, 2.45) is 0 Å². The zero-order valence-corrected chi connectivity index (χ0v) is 5.45. The Labute approximate surface area is 47.3 Å². The summed E-state index contributed by atoms with van der Waals surface area (Å²) in [5, 5.41) is 4.21. The van der Waals surface area contributed by atoms with Gasteiger partial charge in [-0.3, -0.25) is 0 Å². The number of nitrogens with one attached hydrogen (secondary N) is 1. The minimum atomic E-state index is 1.13. The molecule has 0 bridgehead atoms. The molecule has 0 rings (SSSR count). The summed E-state index contributed by atoms with van der Waals surface area (Å²) in [5.74, 6) is 0. The first-order valence-corrected chi connectivity index (χ1v) is 3.15. The highest BCUT2D eigenvalue weighted by Gasteiger charge is 1.76. The first-order valence-electron chi connectivity index (χ1n) is 1.62. The predicted molar refractivity (Wildman–Crippen MR) is 37.4 cm³/mol. The molecule has 28 valence electrons. The lowest BCUT2D eigenvalue weighted by Gasteiger charge is -1.77. The van der Waals surface area contributed by atoms with E-state index in [1.54, 1.807) is 0 Å². The molecular weight excluding hydrogens is 175 g/mol. The Kier molecular flexibility index (Phi) is 5.61. The maximum atomic E-state index is 3.01. The van der Waals surface area contributed by atoms with Crippen LogP contribution in [0.2, 0.25) is 0 Å². The van der Waals surface area contributed by atoms with Crippen LogP contribution >= 0.6 is 22.4 Å². The molecule has 0 heterocycles. The number of rotatable bonds is 2. The maximum Gasteiger partial charge on any atom is 0.184 e. The van der Waals surface area contributed by atoms with E-state index < -0.39 is 0 Å². The second-order valence-electron chi connectivity index (χ2n) is 0.793. The molecule has 5 heavy (non-hydrogen) atoms. The summed E-state index contributed by atoms with van der Waals surface area (Å²) in [7, 11) is 3.08. The fraction of sp³-hybridized carbons (Fsp3) is 1.00. The number of hydrogen-bond donors (Lipinski definition) is 1. The average molecular weight is 181 g/mol. The van der Waals surface area contributed by atoms with Crippen LogP contribution in [-0.4, -0.2) is 19.4 Å². The van der Waals surface area contributed by atoms with Gasteiger partial charge in [-0.05, 0) is 7.05 Å². The van der Waals surface area contributed by atoms with Crippen molar-refractivity contribution in [1.82, 2.24) is 5.23 Å². The summed E-state index contributed by atoms with van der Waals surface area (Å²) < 4.78 is 0. The summed E-state index contributed by atoms with van der Waals surface area (Å²) in [6, 6.07) is 0. The number of hydrogen-bond acceptors (Lipinski definition) is 1. The number of halogens is 1. The van der Waals surface area contributed by atoms with E-state index in [2.05, 4.69) is 27.6 Å². The monoisotopic (exact) mass is 181 g/mol. The van der Waals surface area contributed by atoms with E-state index >= 15 is 0 Å². The molecule has 0 unspecified atom stereocenters. The van der Waals surface area contributed by atoms with E-state index in [9.17, 15) is 0 Å². The highest BCUT2D eigenvalue weighted by Crippen LogP contribution is 1.64. The molecule has 4 heteroatoms. The molecule has 0 aromatic heterocycles. The highest BCUT2D eigenvalue weighted by atomic mass is 127. The fourth-order valence-corrected chi connectivity index (χ4v) is 0.634. The molecule has 0 aliphatic rings. The summed E-state index contributed by atoms with van der Waals surface area (Å²) in [5.41, 5.74) is 0. The molecule has 0 aliphatic heterocycles. The van der Waals surface area contributed by atoms with Gasteiger partial charge < -0.3 is 5.23 Å². The van der Waals surface area contributed by atoms with Gasteiger partial charge >= 0.3 is 0 Å². The van der Waals surface area contributed by atoms with Crippen molar-refractivity contribution in [3.63, 3.8) is 0 Å². The topological polar surface area (TPSA) is 12.0 Å². The normalized spacial score (nSPS) is 6.80. The summed E-state index contributed by atoms with van der Waals surface area (Å²) in [6.07, 6.45) is 0. The third kappa shape index (κ3) is 4.82. The van der Waals surface area contributed by atoms with Gasteiger partial charge in [-0.2, -0.15) is 22.4 Å². The van der Waals surface area contributed by atoms with E-state index in [0.29, 0.717) is 0 Å². The molecule has 1 N–H and O–H groups in total. The molecular formula is CH6B2IN. The summed E-state index contributed by atoms with van der Waals surface area (Å²) in [6.45, 7) is 0. The van der Waals surface area contributed by atoms with Crippen LogP contribution in [0.3, 0.4) is 0 Å². The first-order chi connectivity index (χ1) is 2.41. The molecule has 0 spiro atoms. The molecule has 0 aromatic carbocycles. The quantitative estimate of drug-likeness (QED) is 0.436. The van der Waals surface area contributed by atoms with Gasteiger partial charge in [-0.1, -0.05) is 0 Å². The Hall–Kier alpha value is 0.820. The highest BCUT2D eigenvalue weighted by molar-refractivity contribution is 14.1. The largest absolute Gasteiger partial charge is 0.367 e. The molecule has 0 atom stereocenters. The Morgan fingerprint density at radius 1 is 1.80 bits per heavy atom. The van der Waals surface area contributed by atoms with Gasteiger partial charge in [0.1, 0.15) is 0 Å².